The van der Waals surface area contributed by atoms with Gasteiger partial charge in [-0.15, -0.1) is 11.6 Å². The number of nitrogens with zero attached hydrogens (tertiary/aromatic N) is 1. The van der Waals surface area contributed by atoms with Gasteiger partial charge >= 0.3 is 0 Å². The molecule has 0 bridgehead atoms. The van der Waals surface area contributed by atoms with Crippen LogP contribution in [0, 0.1) is 11.3 Å². The van der Waals surface area contributed by atoms with Gasteiger partial charge in [0.15, 0.2) is 5.78 Å². The first-order valence-corrected chi connectivity index (χ1v) is 5.14. The van der Waals surface area contributed by atoms with E-state index < -0.39 is 5.38 Å². The van der Waals surface area contributed by atoms with Crippen molar-refractivity contribution >= 4 is 33.3 Å². The van der Waals surface area contributed by atoms with Gasteiger partial charge in [-0.05, 0) is 34.5 Å². The number of Topliss-reactive ketones (excluding diaryl/α,β-unsaturated/α-hetero) is 1. The highest BCUT2D eigenvalue weighted by atomic mass is 79.9. The molecule has 0 saturated heterocycles. The van der Waals surface area contributed by atoms with Crippen molar-refractivity contribution in [2.24, 2.45) is 0 Å². The highest BCUT2D eigenvalue weighted by Crippen LogP contribution is 2.29. The Morgan fingerprint density at radius 3 is 2.79 bits per heavy atom. The molecular formula is C10H7BrClNO. The predicted molar refractivity (Wildman–Crippen MR) is 58.1 cm³/mol. The summed E-state index contributed by atoms with van der Waals surface area (Å²) in [5.74, 6) is -0.165. The topological polar surface area (TPSA) is 40.9 Å². The number of carbonyl (C=O) groups is 1. The standard InChI is InChI=1S/C10H7BrClNO/c1-6(14)10(12)7-3-2-4-9(11)8(7)5-13/h2-4,10H,1H3. The summed E-state index contributed by atoms with van der Waals surface area (Å²) in [5, 5.41) is 8.13. The second kappa shape index (κ2) is 4.59. The molecule has 2 nitrogen and oxygen atoms in total. The van der Waals surface area contributed by atoms with Gasteiger partial charge in [0.2, 0.25) is 0 Å². The van der Waals surface area contributed by atoms with Crippen LogP contribution in [0.5, 0.6) is 0 Å². The predicted octanol–water partition coefficient (Wildman–Crippen LogP) is 3.19. The fourth-order valence-electron chi connectivity index (χ4n) is 1.09. The zero-order valence-corrected chi connectivity index (χ0v) is 9.76. The van der Waals surface area contributed by atoms with Gasteiger partial charge in [0.25, 0.3) is 0 Å². The van der Waals surface area contributed by atoms with Crippen LogP contribution >= 0.6 is 27.5 Å². The third-order valence-electron chi connectivity index (χ3n) is 1.79. The molecule has 1 unspecified atom stereocenters. The number of rotatable bonds is 2. The summed E-state index contributed by atoms with van der Waals surface area (Å²) in [7, 11) is 0. The Hall–Kier alpha value is -0.850. The fraction of sp³-hybridized carbons (Fsp3) is 0.200. The molecule has 0 radical (unpaired) electrons. The van der Waals surface area contributed by atoms with Crippen molar-refractivity contribution in [3.63, 3.8) is 0 Å². The molecule has 0 aliphatic rings. The number of alkyl halides is 1. The van der Waals surface area contributed by atoms with E-state index >= 15 is 0 Å². The largest absolute Gasteiger partial charge is 0.298 e. The van der Waals surface area contributed by atoms with Gasteiger partial charge in [0.1, 0.15) is 11.4 Å². The number of nitriles is 1. The molecule has 4 heteroatoms. The van der Waals surface area contributed by atoms with E-state index in [1.54, 1.807) is 18.2 Å². The Labute approximate surface area is 95.6 Å². The molecule has 1 aromatic carbocycles. The van der Waals surface area contributed by atoms with Gasteiger partial charge in [0.05, 0.1) is 5.56 Å². The van der Waals surface area contributed by atoms with E-state index in [1.165, 1.54) is 6.92 Å². The van der Waals surface area contributed by atoms with Crippen LogP contribution in [0.4, 0.5) is 0 Å². The summed E-state index contributed by atoms with van der Waals surface area (Å²) in [5.41, 5.74) is 0.971. The molecule has 0 amide bonds. The molecule has 0 spiro atoms. The summed E-state index contributed by atoms with van der Waals surface area (Å²) in [6.07, 6.45) is 0. The molecule has 0 aromatic heterocycles. The number of ketones is 1. The van der Waals surface area contributed by atoms with Crippen LogP contribution in [0.25, 0.3) is 0 Å². The van der Waals surface area contributed by atoms with E-state index in [4.69, 9.17) is 16.9 Å². The average molecular weight is 273 g/mol. The lowest BCUT2D eigenvalue weighted by Crippen LogP contribution is -2.04. The van der Waals surface area contributed by atoms with E-state index in [0.717, 1.165) is 0 Å². The highest BCUT2D eigenvalue weighted by Gasteiger charge is 2.18. The van der Waals surface area contributed by atoms with Crippen LogP contribution in [0.15, 0.2) is 22.7 Å². The molecule has 1 rings (SSSR count). The molecule has 0 saturated carbocycles. The van der Waals surface area contributed by atoms with Crippen LogP contribution in [0.1, 0.15) is 23.4 Å². The van der Waals surface area contributed by atoms with Crippen molar-refractivity contribution < 1.29 is 4.79 Å². The van der Waals surface area contributed by atoms with E-state index in [2.05, 4.69) is 15.9 Å². The van der Waals surface area contributed by atoms with Gasteiger partial charge < -0.3 is 0 Å². The molecule has 1 aromatic rings. The fourth-order valence-corrected chi connectivity index (χ4v) is 1.74. The van der Waals surface area contributed by atoms with Crippen molar-refractivity contribution in [1.82, 2.24) is 0 Å². The second-order valence-corrected chi connectivity index (χ2v) is 4.08. The van der Waals surface area contributed by atoms with Crippen LogP contribution in [0.3, 0.4) is 0 Å². The molecule has 0 heterocycles. The molecular weight excluding hydrogens is 265 g/mol. The van der Waals surface area contributed by atoms with Crippen molar-refractivity contribution in [2.45, 2.75) is 12.3 Å². The van der Waals surface area contributed by atoms with Gasteiger partial charge in [0, 0.05) is 4.47 Å². The van der Waals surface area contributed by atoms with E-state index in [9.17, 15) is 4.79 Å². The minimum Gasteiger partial charge on any atom is -0.298 e. The first-order chi connectivity index (χ1) is 6.57. The Morgan fingerprint density at radius 2 is 2.29 bits per heavy atom. The van der Waals surface area contributed by atoms with E-state index in [0.29, 0.717) is 15.6 Å². The third kappa shape index (κ3) is 2.14. The Balaban J connectivity index is 3.29. The number of benzene rings is 1. The molecule has 14 heavy (non-hydrogen) atoms. The summed E-state index contributed by atoms with van der Waals surface area (Å²) < 4.78 is 0.657. The van der Waals surface area contributed by atoms with Crippen LogP contribution < -0.4 is 0 Å². The number of carbonyl (C=O) groups excluding carboxylic acids is 1. The maximum Gasteiger partial charge on any atom is 0.152 e. The first kappa shape index (κ1) is 11.2. The van der Waals surface area contributed by atoms with Crippen molar-refractivity contribution in [1.29, 1.82) is 5.26 Å². The number of halogens is 2. The lowest BCUT2D eigenvalue weighted by molar-refractivity contribution is -0.116. The summed E-state index contributed by atoms with van der Waals surface area (Å²) in [6.45, 7) is 1.40. The first-order valence-electron chi connectivity index (χ1n) is 3.91. The molecule has 0 fully saturated rings. The maximum atomic E-state index is 11.1. The van der Waals surface area contributed by atoms with E-state index in [-0.39, 0.29) is 5.78 Å². The van der Waals surface area contributed by atoms with Gasteiger partial charge in [-0.3, -0.25) is 4.79 Å². The molecule has 0 aliphatic heterocycles. The van der Waals surface area contributed by atoms with Crippen LogP contribution in [-0.4, -0.2) is 5.78 Å². The minimum absolute atomic E-state index is 0.165. The zero-order chi connectivity index (χ0) is 10.7. The van der Waals surface area contributed by atoms with Crippen molar-refractivity contribution in [2.75, 3.05) is 0 Å². The molecule has 0 N–H and O–H groups in total. The summed E-state index contributed by atoms with van der Waals surface area (Å²) in [4.78, 5) is 11.1. The number of hydrogen-bond acceptors (Lipinski definition) is 2. The monoisotopic (exact) mass is 271 g/mol. The second-order valence-electron chi connectivity index (χ2n) is 2.79. The number of hydrogen-bond donors (Lipinski definition) is 0. The molecule has 0 aliphatic carbocycles. The Bertz CT molecular complexity index is 411. The van der Waals surface area contributed by atoms with Gasteiger partial charge in [-0.2, -0.15) is 5.26 Å². The van der Waals surface area contributed by atoms with Crippen LogP contribution in [0.2, 0.25) is 0 Å². The molecule has 1 atom stereocenters. The van der Waals surface area contributed by atoms with E-state index in [1.807, 2.05) is 6.07 Å². The SMILES string of the molecule is CC(=O)C(Cl)c1cccc(Br)c1C#N. The quantitative estimate of drug-likeness (QED) is 0.776. The Morgan fingerprint density at radius 1 is 1.64 bits per heavy atom. The third-order valence-corrected chi connectivity index (χ3v) is 2.99. The van der Waals surface area contributed by atoms with Gasteiger partial charge in [-0.1, -0.05) is 12.1 Å². The molecule has 72 valence electrons. The minimum atomic E-state index is -0.748. The summed E-state index contributed by atoms with van der Waals surface area (Å²) >= 11 is 9.11. The van der Waals surface area contributed by atoms with Gasteiger partial charge in [-0.25, -0.2) is 0 Å². The highest BCUT2D eigenvalue weighted by molar-refractivity contribution is 9.10. The lowest BCUT2D eigenvalue weighted by atomic mass is 10.0. The average Bonchev–Trinajstić information content (AvgIpc) is 2.16. The normalized spacial score (nSPS) is 11.9. The van der Waals surface area contributed by atoms with Crippen molar-refractivity contribution in [3.8, 4) is 6.07 Å². The van der Waals surface area contributed by atoms with Crippen molar-refractivity contribution in [3.05, 3.63) is 33.8 Å². The Kier molecular flexibility index (Phi) is 3.68. The zero-order valence-electron chi connectivity index (χ0n) is 7.42. The maximum absolute atomic E-state index is 11.1. The smallest absolute Gasteiger partial charge is 0.152 e. The summed E-state index contributed by atoms with van der Waals surface area (Å²) in [6, 6.07) is 7.19. The van der Waals surface area contributed by atoms with Crippen LogP contribution in [-0.2, 0) is 4.79 Å². The lowest BCUT2D eigenvalue weighted by Gasteiger charge is -2.08.